The van der Waals surface area contributed by atoms with Crippen LogP contribution in [-0.4, -0.2) is 24.2 Å². The zero-order valence-electron chi connectivity index (χ0n) is 10.2. The van der Waals surface area contributed by atoms with E-state index in [-0.39, 0.29) is 6.10 Å². The first kappa shape index (κ1) is 11.3. The van der Waals surface area contributed by atoms with Crippen molar-refractivity contribution in [2.75, 3.05) is 6.61 Å². The molecule has 0 spiro atoms. The van der Waals surface area contributed by atoms with Crippen molar-refractivity contribution in [1.29, 1.82) is 0 Å². The maximum Gasteiger partial charge on any atom is 0.293 e. The summed E-state index contributed by atoms with van der Waals surface area (Å²) < 4.78 is 10.3. The highest BCUT2D eigenvalue weighted by atomic mass is 16.6. The summed E-state index contributed by atoms with van der Waals surface area (Å²) in [5.41, 5.74) is 3.34. The van der Waals surface area contributed by atoms with E-state index in [1.807, 2.05) is 25.3 Å². The zero-order valence-corrected chi connectivity index (χ0v) is 10.2. The first-order valence-corrected chi connectivity index (χ1v) is 6.09. The maximum absolute atomic E-state index is 10.5. The monoisotopic (exact) mass is 245 g/mol. The van der Waals surface area contributed by atoms with E-state index in [2.05, 4.69) is 11.1 Å². The fraction of sp³-hybridized carbons (Fsp3) is 0.357. The van der Waals surface area contributed by atoms with Gasteiger partial charge in [-0.3, -0.25) is 4.79 Å². The highest BCUT2D eigenvalue weighted by molar-refractivity contribution is 5.87. The van der Waals surface area contributed by atoms with Gasteiger partial charge in [0.05, 0.1) is 12.7 Å². The molecule has 1 saturated heterocycles. The van der Waals surface area contributed by atoms with Crippen LogP contribution in [0, 0.1) is 0 Å². The Kier molecular flexibility index (Phi) is 2.80. The van der Waals surface area contributed by atoms with E-state index in [1.54, 1.807) is 0 Å². The van der Waals surface area contributed by atoms with Crippen molar-refractivity contribution >= 4 is 17.4 Å². The molecule has 1 aromatic carbocycles. The average Bonchev–Trinajstić information content (AvgIpc) is 3.06. The lowest BCUT2D eigenvalue weighted by molar-refractivity contribution is -0.133. The quantitative estimate of drug-likeness (QED) is 0.649. The van der Waals surface area contributed by atoms with Crippen molar-refractivity contribution in [3.8, 4) is 0 Å². The second-order valence-electron chi connectivity index (χ2n) is 4.62. The predicted molar refractivity (Wildman–Crippen MR) is 67.3 cm³/mol. The van der Waals surface area contributed by atoms with Crippen LogP contribution in [0.1, 0.15) is 24.2 Å². The Bertz CT molecular complexity index is 571. The molecule has 1 fully saturated rings. The molecular formula is C14H15NO3. The first-order chi connectivity index (χ1) is 8.79. The van der Waals surface area contributed by atoms with Gasteiger partial charge < -0.3 is 14.5 Å². The third-order valence-corrected chi connectivity index (χ3v) is 3.37. The van der Waals surface area contributed by atoms with Crippen LogP contribution in [-0.2, 0) is 20.7 Å². The smallest absolute Gasteiger partial charge is 0.293 e. The molecule has 0 saturated carbocycles. The molecule has 1 N–H and O–H groups in total. The molecule has 0 bridgehead atoms. The summed E-state index contributed by atoms with van der Waals surface area (Å²) in [6.07, 6.45) is 2.93. The summed E-state index contributed by atoms with van der Waals surface area (Å²) >= 11 is 0. The molecule has 2 aromatic rings. The summed E-state index contributed by atoms with van der Waals surface area (Å²) in [5.74, 6) is 0. The minimum absolute atomic E-state index is 0.238. The summed E-state index contributed by atoms with van der Waals surface area (Å²) in [5, 5.41) is 1.15. The number of H-pyrrole nitrogens is 1. The van der Waals surface area contributed by atoms with E-state index in [0.29, 0.717) is 12.6 Å². The van der Waals surface area contributed by atoms with E-state index in [4.69, 9.17) is 9.47 Å². The Morgan fingerprint density at radius 3 is 3.17 bits per heavy atom. The number of ether oxygens (including phenoxy) is 2. The number of hydrogen-bond donors (Lipinski definition) is 1. The molecule has 1 aliphatic rings. The number of hydrogen-bond acceptors (Lipinski definition) is 3. The Morgan fingerprint density at radius 2 is 2.44 bits per heavy atom. The number of aromatic nitrogens is 1. The van der Waals surface area contributed by atoms with E-state index < -0.39 is 0 Å². The lowest BCUT2D eigenvalue weighted by atomic mass is 10.00. The van der Waals surface area contributed by atoms with Gasteiger partial charge in [-0.25, -0.2) is 0 Å². The first-order valence-electron chi connectivity index (χ1n) is 6.09. The van der Waals surface area contributed by atoms with Crippen LogP contribution in [0.2, 0.25) is 0 Å². The van der Waals surface area contributed by atoms with Crippen molar-refractivity contribution in [3.63, 3.8) is 0 Å². The molecule has 3 rings (SSSR count). The predicted octanol–water partition coefficient (Wildman–Crippen LogP) is 2.34. The molecule has 1 aliphatic heterocycles. The molecule has 4 nitrogen and oxygen atoms in total. The average molecular weight is 245 g/mol. The van der Waals surface area contributed by atoms with Gasteiger partial charge in [-0.05, 0) is 18.6 Å². The van der Waals surface area contributed by atoms with Gasteiger partial charge in [0, 0.05) is 29.1 Å². The summed E-state index contributed by atoms with van der Waals surface area (Å²) in [4.78, 5) is 13.7. The van der Waals surface area contributed by atoms with Crippen LogP contribution in [0.5, 0.6) is 0 Å². The van der Waals surface area contributed by atoms with Gasteiger partial charge in [-0.15, -0.1) is 0 Å². The van der Waals surface area contributed by atoms with Gasteiger partial charge in [0.2, 0.25) is 0 Å². The van der Waals surface area contributed by atoms with Gasteiger partial charge in [0.25, 0.3) is 6.47 Å². The second-order valence-corrected chi connectivity index (χ2v) is 4.62. The van der Waals surface area contributed by atoms with Crippen LogP contribution in [0.3, 0.4) is 0 Å². The number of fused-ring (bicyclic) bond motifs is 1. The van der Waals surface area contributed by atoms with Crippen LogP contribution in [0.15, 0.2) is 24.4 Å². The third-order valence-electron chi connectivity index (χ3n) is 3.37. The fourth-order valence-corrected chi connectivity index (χ4v) is 2.37. The Balaban J connectivity index is 2.04. The van der Waals surface area contributed by atoms with Crippen LogP contribution in [0.25, 0.3) is 10.9 Å². The normalized spacial score (nSPS) is 19.7. The van der Waals surface area contributed by atoms with Crippen molar-refractivity contribution in [2.24, 2.45) is 0 Å². The van der Waals surface area contributed by atoms with Gasteiger partial charge in [-0.1, -0.05) is 12.1 Å². The summed E-state index contributed by atoms with van der Waals surface area (Å²) in [6, 6.07) is 6.17. The highest BCUT2D eigenvalue weighted by Crippen LogP contribution is 2.31. The minimum Gasteiger partial charge on any atom is -0.460 e. The van der Waals surface area contributed by atoms with E-state index in [0.717, 1.165) is 29.5 Å². The molecular weight excluding hydrogens is 230 g/mol. The number of carbonyl (C=O) groups is 1. The SMILES string of the molecule is C[C@H](OC=O)c1c[nH]c2cccc(C[C@H]3CO3)c12. The van der Waals surface area contributed by atoms with Crippen LogP contribution < -0.4 is 0 Å². The van der Waals surface area contributed by atoms with Crippen molar-refractivity contribution in [2.45, 2.75) is 25.6 Å². The van der Waals surface area contributed by atoms with Crippen molar-refractivity contribution in [1.82, 2.24) is 4.98 Å². The topological polar surface area (TPSA) is 54.6 Å². The van der Waals surface area contributed by atoms with Gasteiger partial charge in [0.1, 0.15) is 6.10 Å². The highest BCUT2D eigenvalue weighted by Gasteiger charge is 2.24. The van der Waals surface area contributed by atoms with Crippen molar-refractivity contribution < 1.29 is 14.3 Å². The molecule has 2 atom stereocenters. The van der Waals surface area contributed by atoms with Crippen LogP contribution in [0.4, 0.5) is 0 Å². The van der Waals surface area contributed by atoms with Gasteiger partial charge in [-0.2, -0.15) is 0 Å². The number of rotatable bonds is 5. The van der Waals surface area contributed by atoms with Gasteiger partial charge in [0.15, 0.2) is 0 Å². The van der Waals surface area contributed by atoms with Gasteiger partial charge >= 0.3 is 0 Å². The lowest BCUT2D eigenvalue weighted by Gasteiger charge is -2.10. The zero-order chi connectivity index (χ0) is 12.5. The number of carbonyl (C=O) groups excluding carboxylic acids is 1. The summed E-state index contributed by atoms with van der Waals surface area (Å²) in [7, 11) is 0. The molecule has 0 amide bonds. The number of nitrogens with one attached hydrogen (secondary N) is 1. The summed E-state index contributed by atoms with van der Waals surface area (Å²) in [6.45, 7) is 3.22. The minimum atomic E-state index is -0.238. The van der Waals surface area contributed by atoms with E-state index in [1.165, 1.54) is 5.56 Å². The molecule has 18 heavy (non-hydrogen) atoms. The molecule has 0 radical (unpaired) electrons. The standard InChI is InChI=1S/C14H15NO3/c1-9(18-8-16)12-6-15-13-4-2-3-10(14(12)13)5-11-7-17-11/h2-4,6,8-9,11,15H,5,7H2,1H3/t9-,11-/m0/s1. The van der Waals surface area contributed by atoms with E-state index in [9.17, 15) is 4.79 Å². The van der Waals surface area contributed by atoms with Crippen LogP contribution >= 0.6 is 0 Å². The molecule has 2 heterocycles. The Labute approximate surface area is 105 Å². The Hall–Kier alpha value is -1.81. The lowest BCUT2D eigenvalue weighted by Crippen LogP contribution is -2.00. The molecule has 0 aliphatic carbocycles. The number of epoxide rings is 1. The third kappa shape index (κ3) is 1.99. The fourth-order valence-electron chi connectivity index (χ4n) is 2.37. The second kappa shape index (κ2) is 4.46. The largest absolute Gasteiger partial charge is 0.460 e. The number of aromatic amines is 1. The molecule has 1 aromatic heterocycles. The molecule has 94 valence electrons. The maximum atomic E-state index is 10.5. The van der Waals surface area contributed by atoms with E-state index >= 15 is 0 Å². The molecule has 0 unspecified atom stereocenters. The Morgan fingerprint density at radius 1 is 1.61 bits per heavy atom. The number of benzene rings is 1. The van der Waals surface area contributed by atoms with Crippen molar-refractivity contribution in [3.05, 3.63) is 35.5 Å². The molecule has 4 heteroatoms.